The van der Waals surface area contributed by atoms with Crippen LogP contribution in [0, 0.1) is 13.8 Å². The van der Waals surface area contributed by atoms with E-state index in [2.05, 4.69) is 25.7 Å². The lowest BCUT2D eigenvalue weighted by Crippen LogP contribution is -2.04. The Hall–Kier alpha value is -3.00. The number of aryl methyl sites for hydroxylation is 2. The highest BCUT2D eigenvalue weighted by Crippen LogP contribution is 2.26. The van der Waals surface area contributed by atoms with Gasteiger partial charge in [0.25, 0.3) is 0 Å². The Bertz CT molecular complexity index is 1010. The first kappa shape index (κ1) is 16.5. The number of hydrogen-bond donors (Lipinski definition) is 0. The summed E-state index contributed by atoms with van der Waals surface area (Å²) in [5.74, 6) is 1.53. The summed E-state index contributed by atoms with van der Waals surface area (Å²) >= 11 is 1.46. The van der Waals surface area contributed by atoms with Crippen LogP contribution in [0.3, 0.4) is 0 Å². The van der Waals surface area contributed by atoms with Gasteiger partial charge in [-0.3, -0.25) is 0 Å². The minimum absolute atomic E-state index is 0.491. The van der Waals surface area contributed by atoms with E-state index in [-0.39, 0.29) is 0 Å². The van der Waals surface area contributed by atoms with Gasteiger partial charge in [0.15, 0.2) is 0 Å². The average molecular weight is 364 g/mol. The van der Waals surface area contributed by atoms with Crippen LogP contribution in [0.25, 0.3) is 17.1 Å². The van der Waals surface area contributed by atoms with Gasteiger partial charge >= 0.3 is 0 Å². The molecule has 8 heteroatoms. The second kappa shape index (κ2) is 7.09. The zero-order chi connectivity index (χ0) is 17.9. The van der Waals surface area contributed by atoms with Gasteiger partial charge in [0.1, 0.15) is 0 Å². The van der Waals surface area contributed by atoms with Crippen LogP contribution in [0.5, 0.6) is 0 Å². The van der Waals surface area contributed by atoms with Gasteiger partial charge in [0.05, 0.1) is 11.4 Å². The molecule has 7 nitrogen and oxygen atoms in total. The molecule has 4 rings (SSSR count). The Labute approximate surface area is 154 Å². The molecule has 0 bridgehead atoms. The van der Waals surface area contributed by atoms with Crippen molar-refractivity contribution in [3.63, 3.8) is 0 Å². The molecule has 0 aliphatic rings. The van der Waals surface area contributed by atoms with Crippen LogP contribution in [-0.2, 0) is 5.75 Å². The quantitative estimate of drug-likeness (QED) is 0.500. The normalized spacial score (nSPS) is 11.0. The number of aromatic nitrogens is 6. The number of para-hydroxylation sites is 1. The summed E-state index contributed by atoms with van der Waals surface area (Å²) in [6.45, 7) is 4.09. The fourth-order valence-electron chi connectivity index (χ4n) is 2.68. The van der Waals surface area contributed by atoms with E-state index < -0.39 is 0 Å². The molecule has 0 fully saturated rings. The molecular formula is C18H16N6OS. The number of nitrogens with zero attached hydrogens (tertiary/aromatic N) is 6. The average Bonchev–Trinajstić information content (AvgIpc) is 3.30. The van der Waals surface area contributed by atoms with Gasteiger partial charge in [-0.1, -0.05) is 48.2 Å². The standard InChI is InChI=1S/C18H16N6OS/c1-12-7-6-8-13(2)16(12)24-18(21-22-23-24)26-11-15-19-20-17(25-15)14-9-4-3-5-10-14/h3-10H,11H2,1-2H3. The summed E-state index contributed by atoms with van der Waals surface area (Å²) in [5, 5.41) is 21.0. The zero-order valence-corrected chi connectivity index (χ0v) is 15.1. The summed E-state index contributed by atoms with van der Waals surface area (Å²) in [5.41, 5.74) is 4.12. The molecule has 0 spiro atoms. The van der Waals surface area contributed by atoms with Crippen molar-refractivity contribution in [2.24, 2.45) is 0 Å². The van der Waals surface area contributed by atoms with Crippen LogP contribution in [-0.4, -0.2) is 30.4 Å². The maximum atomic E-state index is 5.74. The highest BCUT2D eigenvalue weighted by molar-refractivity contribution is 7.98. The van der Waals surface area contributed by atoms with Crippen LogP contribution < -0.4 is 0 Å². The summed E-state index contributed by atoms with van der Waals surface area (Å²) in [7, 11) is 0. The number of hydrogen-bond acceptors (Lipinski definition) is 7. The Kier molecular flexibility index (Phi) is 4.49. The van der Waals surface area contributed by atoms with Gasteiger partial charge < -0.3 is 4.42 Å². The minimum atomic E-state index is 0.491. The van der Waals surface area contributed by atoms with Crippen molar-refractivity contribution in [2.45, 2.75) is 24.8 Å². The summed E-state index contributed by atoms with van der Waals surface area (Å²) in [6.07, 6.45) is 0. The van der Waals surface area contributed by atoms with Crippen molar-refractivity contribution in [2.75, 3.05) is 0 Å². The first-order valence-corrected chi connectivity index (χ1v) is 9.06. The smallest absolute Gasteiger partial charge is 0.247 e. The van der Waals surface area contributed by atoms with E-state index in [9.17, 15) is 0 Å². The number of tetrazole rings is 1. The highest BCUT2D eigenvalue weighted by atomic mass is 32.2. The summed E-state index contributed by atoms with van der Waals surface area (Å²) < 4.78 is 7.49. The lowest BCUT2D eigenvalue weighted by Gasteiger charge is -2.09. The van der Waals surface area contributed by atoms with Crippen LogP contribution in [0.15, 0.2) is 58.1 Å². The molecule has 0 aliphatic carbocycles. The van der Waals surface area contributed by atoms with Crippen molar-refractivity contribution >= 4 is 11.8 Å². The summed E-state index contributed by atoms with van der Waals surface area (Å²) in [4.78, 5) is 0. The lowest BCUT2D eigenvalue weighted by molar-refractivity contribution is 0.528. The Morgan fingerprint density at radius 3 is 2.46 bits per heavy atom. The number of benzene rings is 2. The molecule has 0 radical (unpaired) electrons. The molecule has 26 heavy (non-hydrogen) atoms. The first-order valence-electron chi connectivity index (χ1n) is 8.08. The Morgan fingerprint density at radius 2 is 1.69 bits per heavy atom. The Morgan fingerprint density at radius 1 is 0.923 bits per heavy atom. The summed E-state index contributed by atoms with van der Waals surface area (Å²) in [6, 6.07) is 15.8. The molecule has 0 aliphatic heterocycles. The molecule has 4 aromatic rings. The second-order valence-corrected chi connectivity index (χ2v) is 6.71. The number of thioether (sulfide) groups is 1. The van der Waals surface area contributed by atoms with E-state index in [4.69, 9.17) is 4.42 Å². The monoisotopic (exact) mass is 364 g/mol. The van der Waals surface area contributed by atoms with E-state index in [0.29, 0.717) is 22.7 Å². The van der Waals surface area contributed by atoms with Crippen molar-refractivity contribution in [1.82, 2.24) is 30.4 Å². The molecule has 0 amide bonds. The third kappa shape index (κ3) is 3.23. The van der Waals surface area contributed by atoms with Gasteiger partial charge in [0.2, 0.25) is 16.9 Å². The molecule has 2 aromatic heterocycles. The molecule has 2 aromatic carbocycles. The van der Waals surface area contributed by atoms with Crippen LogP contribution in [0.4, 0.5) is 0 Å². The van der Waals surface area contributed by atoms with Gasteiger partial charge in [-0.15, -0.1) is 15.3 Å². The molecule has 0 unspecified atom stereocenters. The Balaban J connectivity index is 1.54. The van der Waals surface area contributed by atoms with Crippen molar-refractivity contribution in [3.05, 3.63) is 65.5 Å². The fraction of sp³-hybridized carbons (Fsp3) is 0.167. The molecule has 0 saturated carbocycles. The molecule has 0 atom stereocenters. The predicted molar refractivity (Wildman–Crippen MR) is 97.9 cm³/mol. The largest absolute Gasteiger partial charge is 0.420 e. The lowest BCUT2D eigenvalue weighted by atomic mass is 10.1. The molecule has 130 valence electrons. The fourth-order valence-corrected chi connectivity index (χ4v) is 3.40. The third-order valence-corrected chi connectivity index (χ3v) is 4.81. The van der Waals surface area contributed by atoms with E-state index in [1.165, 1.54) is 11.8 Å². The maximum absolute atomic E-state index is 5.74. The van der Waals surface area contributed by atoms with Gasteiger partial charge in [0, 0.05) is 5.56 Å². The predicted octanol–water partition coefficient (Wildman–Crippen LogP) is 3.62. The van der Waals surface area contributed by atoms with Gasteiger partial charge in [-0.25, -0.2) is 0 Å². The van der Waals surface area contributed by atoms with Crippen molar-refractivity contribution < 1.29 is 4.42 Å². The van der Waals surface area contributed by atoms with Crippen LogP contribution in [0.2, 0.25) is 0 Å². The third-order valence-electron chi connectivity index (χ3n) is 3.90. The van der Waals surface area contributed by atoms with E-state index in [0.717, 1.165) is 22.4 Å². The van der Waals surface area contributed by atoms with Crippen molar-refractivity contribution in [1.29, 1.82) is 0 Å². The molecule has 0 N–H and O–H groups in total. The maximum Gasteiger partial charge on any atom is 0.247 e. The van der Waals surface area contributed by atoms with Crippen LogP contribution in [0.1, 0.15) is 17.0 Å². The first-order chi connectivity index (χ1) is 12.7. The van der Waals surface area contributed by atoms with E-state index in [1.807, 2.05) is 62.4 Å². The molecular weight excluding hydrogens is 348 g/mol. The topological polar surface area (TPSA) is 82.5 Å². The highest BCUT2D eigenvalue weighted by Gasteiger charge is 2.15. The van der Waals surface area contributed by atoms with E-state index >= 15 is 0 Å². The van der Waals surface area contributed by atoms with Crippen molar-refractivity contribution in [3.8, 4) is 17.1 Å². The zero-order valence-electron chi connectivity index (χ0n) is 14.3. The van der Waals surface area contributed by atoms with Crippen LogP contribution >= 0.6 is 11.8 Å². The molecule has 0 saturated heterocycles. The minimum Gasteiger partial charge on any atom is -0.420 e. The van der Waals surface area contributed by atoms with Gasteiger partial charge in [-0.2, -0.15) is 4.68 Å². The SMILES string of the molecule is Cc1cccc(C)c1-n1nnnc1SCc1nnc(-c2ccccc2)o1. The molecule has 2 heterocycles. The van der Waals surface area contributed by atoms with E-state index in [1.54, 1.807) is 4.68 Å². The van der Waals surface area contributed by atoms with Gasteiger partial charge in [-0.05, 0) is 47.5 Å². The number of rotatable bonds is 5. The second-order valence-electron chi connectivity index (χ2n) is 5.77.